The summed E-state index contributed by atoms with van der Waals surface area (Å²) in [6.07, 6.45) is 3.49. The number of hydrogen-bond donors (Lipinski definition) is 2. The third-order valence-corrected chi connectivity index (χ3v) is 7.30. The third-order valence-electron chi connectivity index (χ3n) is 6.11. The highest BCUT2D eigenvalue weighted by Gasteiger charge is 2.36. The first kappa shape index (κ1) is 21.7. The summed E-state index contributed by atoms with van der Waals surface area (Å²) in [4.78, 5) is 32.3. The molecule has 1 fully saturated rings. The maximum atomic E-state index is 12.8. The van der Waals surface area contributed by atoms with Gasteiger partial charge in [-0.15, -0.1) is 11.3 Å². The highest BCUT2D eigenvalue weighted by atomic mass is 32.1. The summed E-state index contributed by atoms with van der Waals surface area (Å²) in [6.45, 7) is 4.19. The minimum Gasteiger partial charge on any atom is -0.467 e. The molecule has 1 unspecified atom stereocenters. The van der Waals surface area contributed by atoms with Crippen molar-refractivity contribution in [3.63, 3.8) is 0 Å². The number of thiazole rings is 1. The second-order valence-corrected chi connectivity index (χ2v) is 9.29. The zero-order chi connectivity index (χ0) is 22.8. The Kier molecular flexibility index (Phi) is 6.15. The quantitative estimate of drug-likeness (QED) is 0.534. The van der Waals surface area contributed by atoms with Crippen molar-refractivity contribution in [3.05, 3.63) is 64.7 Å². The van der Waals surface area contributed by atoms with E-state index in [2.05, 4.69) is 27.7 Å². The standard InChI is InChI=1S/C24H26N4O4S/c1-2-31-23(29)20-17(26-24(30)27-21(20)18-7-5-13-32-18)14-28-11-9-15(10-12-28)22-25-16-6-3-4-8-19(16)33-22/h3-8,13,15,21H,2,9-12,14H2,1H3,(H2,26,27,30). The molecule has 2 amide bonds. The summed E-state index contributed by atoms with van der Waals surface area (Å²) in [5.74, 6) is 0.473. The molecule has 0 saturated carbocycles. The van der Waals surface area contributed by atoms with Crippen LogP contribution in [0.15, 0.2) is 58.3 Å². The van der Waals surface area contributed by atoms with Crippen LogP contribution in [0.2, 0.25) is 0 Å². The Morgan fingerprint density at radius 2 is 2.06 bits per heavy atom. The van der Waals surface area contributed by atoms with E-state index in [1.165, 1.54) is 16.0 Å². The van der Waals surface area contributed by atoms with Crippen LogP contribution in [-0.2, 0) is 9.53 Å². The number of benzene rings is 1. The molecule has 8 nitrogen and oxygen atoms in total. The van der Waals surface area contributed by atoms with Gasteiger partial charge in [-0.2, -0.15) is 0 Å². The molecule has 4 heterocycles. The number of urea groups is 1. The van der Waals surface area contributed by atoms with Gasteiger partial charge >= 0.3 is 12.0 Å². The van der Waals surface area contributed by atoms with E-state index in [-0.39, 0.29) is 12.6 Å². The summed E-state index contributed by atoms with van der Waals surface area (Å²) in [5, 5.41) is 6.82. The van der Waals surface area contributed by atoms with Crippen LogP contribution < -0.4 is 10.6 Å². The van der Waals surface area contributed by atoms with E-state index in [1.54, 1.807) is 30.4 Å². The molecule has 33 heavy (non-hydrogen) atoms. The number of aromatic nitrogens is 1. The molecule has 0 bridgehead atoms. The van der Waals surface area contributed by atoms with E-state index in [4.69, 9.17) is 14.1 Å². The van der Waals surface area contributed by atoms with Gasteiger partial charge in [0.25, 0.3) is 0 Å². The van der Waals surface area contributed by atoms with E-state index < -0.39 is 12.0 Å². The number of carbonyl (C=O) groups excluding carboxylic acids is 2. The maximum absolute atomic E-state index is 12.8. The lowest BCUT2D eigenvalue weighted by molar-refractivity contribution is -0.139. The lowest BCUT2D eigenvalue weighted by Crippen LogP contribution is -2.49. The molecule has 1 aromatic carbocycles. The van der Waals surface area contributed by atoms with Crippen molar-refractivity contribution in [2.45, 2.75) is 31.7 Å². The Balaban J connectivity index is 1.33. The van der Waals surface area contributed by atoms with Crippen LogP contribution in [-0.4, -0.2) is 48.1 Å². The lowest BCUT2D eigenvalue weighted by Gasteiger charge is -2.34. The van der Waals surface area contributed by atoms with Crippen LogP contribution in [0.5, 0.6) is 0 Å². The Labute approximate surface area is 195 Å². The molecule has 0 radical (unpaired) electrons. The second kappa shape index (κ2) is 9.36. The van der Waals surface area contributed by atoms with Crippen molar-refractivity contribution in [3.8, 4) is 0 Å². The van der Waals surface area contributed by atoms with Gasteiger partial charge in [0.05, 0.1) is 33.7 Å². The number of piperidine rings is 1. The molecule has 2 aliphatic rings. The summed E-state index contributed by atoms with van der Waals surface area (Å²) in [6, 6.07) is 10.7. The van der Waals surface area contributed by atoms with Crippen molar-refractivity contribution >= 4 is 33.6 Å². The molecule has 2 aromatic heterocycles. The molecular formula is C24H26N4O4S. The van der Waals surface area contributed by atoms with Gasteiger partial charge in [0.1, 0.15) is 11.8 Å². The number of amides is 2. The molecule has 0 spiro atoms. The number of fused-ring (bicyclic) bond motifs is 1. The van der Waals surface area contributed by atoms with E-state index >= 15 is 0 Å². The maximum Gasteiger partial charge on any atom is 0.338 e. The highest BCUT2D eigenvalue weighted by molar-refractivity contribution is 7.18. The number of likely N-dealkylation sites (tertiary alicyclic amines) is 1. The number of esters is 1. The number of nitrogens with zero attached hydrogens (tertiary/aromatic N) is 2. The van der Waals surface area contributed by atoms with Gasteiger partial charge in [0, 0.05) is 18.2 Å². The molecule has 1 atom stereocenters. The molecule has 0 aliphatic carbocycles. The fourth-order valence-electron chi connectivity index (χ4n) is 4.49. The Morgan fingerprint density at radius 3 is 2.79 bits per heavy atom. The number of ether oxygens (including phenoxy) is 1. The van der Waals surface area contributed by atoms with Gasteiger partial charge in [0.2, 0.25) is 0 Å². The summed E-state index contributed by atoms with van der Waals surface area (Å²) >= 11 is 1.77. The fraction of sp³-hybridized carbons (Fsp3) is 0.375. The molecule has 1 saturated heterocycles. The molecule has 9 heteroatoms. The Bertz CT molecular complexity index is 1150. The second-order valence-electron chi connectivity index (χ2n) is 8.23. The Morgan fingerprint density at radius 1 is 1.24 bits per heavy atom. The van der Waals surface area contributed by atoms with Crippen molar-refractivity contribution in [1.29, 1.82) is 0 Å². The van der Waals surface area contributed by atoms with Gasteiger partial charge in [-0.25, -0.2) is 14.6 Å². The van der Waals surface area contributed by atoms with Gasteiger partial charge < -0.3 is 19.8 Å². The molecule has 172 valence electrons. The molecular weight excluding hydrogens is 440 g/mol. The first-order chi connectivity index (χ1) is 16.1. The van der Waals surface area contributed by atoms with Crippen LogP contribution in [0, 0.1) is 0 Å². The number of rotatable bonds is 6. The Hall–Kier alpha value is -3.17. The van der Waals surface area contributed by atoms with E-state index in [0.29, 0.717) is 29.5 Å². The fourth-order valence-corrected chi connectivity index (χ4v) is 5.62. The topological polar surface area (TPSA) is 96.7 Å². The first-order valence-corrected chi connectivity index (χ1v) is 12.0. The average Bonchev–Trinajstić information content (AvgIpc) is 3.49. The molecule has 2 aliphatic heterocycles. The van der Waals surface area contributed by atoms with E-state index in [1.807, 2.05) is 12.1 Å². The van der Waals surface area contributed by atoms with Crippen LogP contribution in [0.25, 0.3) is 10.2 Å². The predicted molar refractivity (Wildman–Crippen MR) is 125 cm³/mol. The number of furan rings is 1. The largest absolute Gasteiger partial charge is 0.467 e. The number of hydrogen-bond acceptors (Lipinski definition) is 7. The minimum atomic E-state index is -0.678. The van der Waals surface area contributed by atoms with Gasteiger partial charge in [-0.3, -0.25) is 4.90 Å². The van der Waals surface area contributed by atoms with Crippen molar-refractivity contribution < 1.29 is 18.7 Å². The smallest absolute Gasteiger partial charge is 0.338 e. The average molecular weight is 467 g/mol. The minimum absolute atomic E-state index is 0.252. The van der Waals surface area contributed by atoms with Crippen molar-refractivity contribution in [1.82, 2.24) is 20.5 Å². The zero-order valence-electron chi connectivity index (χ0n) is 18.4. The molecule has 2 N–H and O–H groups in total. The highest BCUT2D eigenvalue weighted by Crippen LogP contribution is 2.34. The van der Waals surface area contributed by atoms with Crippen molar-refractivity contribution in [2.24, 2.45) is 0 Å². The number of nitrogens with one attached hydrogen (secondary N) is 2. The monoisotopic (exact) mass is 466 g/mol. The number of para-hydroxylation sites is 1. The van der Waals surface area contributed by atoms with Crippen molar-refractivity contribution in [2.75, 3.05) is 26.2 Å². The van der Waals surface area contributed by atoms with Crippen LogP contribution in [0.3, 0.4) is 0 Å². The SMILES string of the molecule is CCOC(=O)C1=C(CN2CCC(c3nc4ccccc4s3)CC2)NC(=O)NC1c1ccco1. The zero-order valence-corrected chi connectivity index (χ0v) is 19.2. The van der Waals surface area contributed by atoms with Crippen LogP contribution >= 0.6 is 11.3 Å². The summed E-state index contributed by atoms with van der Waals surface area (Å²) < 4.78 is 12.0. The van der Waals surface area contributed by atoms with Gasteiger partial charge in [-0.05, 0) is 57.1 Å². The number of carbonyl (C=O) groups is 2. The summed E-state index contributed by atoms with van der Waals surface area (Å²) in [5.41, 5.74) is 2.02. The van der Waals surface area contributed by atoms with Gasteiger partial charge in [0.15, 0.2) is 0 Å². The van der Waals surface area contributed by atoms with E-state index in [9.17, 15) is 9.59 Å². The normalized spacial score (nSPS) is 20.0. The van der Waals surface area contributed by atoms with Gasteiger partial charge in [-0.1, -0.05) is 12.1 Å². The molecule has 5 rings (SSSR count). The lowest BCUT2D eigenvalue weighted by atomic mass is 9.96. The predicted octanol–water partition coefficient (Wildman–Crippen LogP) is 3.94. The van der Waals surface area contributed by atoms with Crippen LogP contribution in [0.1, 0.15) is 42.5 Å². The third kappa shape index (κ3) is 4.51. The van der Waals surface area contributed by atoms with E-state index in [0.717, 1.165) is 31.4 Å². The summed E-state index contributed by atoms with van der Waals surface area (Å²) in [7, 11) is 0. The van der Waals surface area contributed by atoms with Crippen LogP contribution in [0.4, 0.5) is 4.79 Å². The molecule has 3 aromatic rings. The first-order valence-electron chi connectivity index (χ1n) is 11.2.